The Balaban J connectivity index is 1.22. The lowest BCUT2D eigenvalue weighted by Crippen LogP contribution is -2.69. The molecule has 2 bridgehead atoms. The molecule has 262 valence electrons. The maximum Gasteiger partial charge on any atom is 0.422 e. The summed E-state index contributed by atoms with van der Waals surface area (Å²) in [6.07, 6.45) is -5.96. The summed E-state index contributed by atoms with van der Waals surface area (Å²) in [5, 5.41) is 13.7. The molecule has 11 nitrogen and oxygen atoms in total. The van der Waals surface area contributed by atoms with Crippen molar-refractivity contribution in [2.75, 3.05) is 19.8 Å². The monoisotopic (exact) mass is 694 g/mol. The molecule has 1 saturated carbocycles. The molecule has 1 aliphatic carbocycles. The van der Waals surface area contributed by atoms with Crippen LogP contribution in [0.15, 0.2) is 91.0 Å². The predicted octanol–water partition coefficient (Wildman–Crippen LogP) is 3.40. The van der Waals surface area contributed by atoms with E-state index < -0.39 is 72.3 Å². The summed E-state index contributed by atoms with van der Waals surface area (Å²) in [6.45, 7) is -2.10. The van der Waals surface area contributed by atoms with Gasteiger partial charge >= 0.3 is 18.1 Å². The summed E-state index contributed by atoms with van der Waals surface area (Å²) in [5.41, 5.74) is 0.965. The van der Waals surface area contributed by atoms with Crippen molar-refractivity contribution in [1.82, 2.24) is 10.4 Å². The van der Waals surface area contributed by atoms with Crippen LogP contribution in [0.4, 0.5) is 13.2 Å². The number of esters is 2. The van der Waals surface area contributed by atoms with E-state index in [1.807, 2.05) is 60.7 Å². The minimum absolute atomic E-state index is 0.0169. The highest BCUT2D eigenvalue weighted by Gasteiger charge is 2.76. The van der Waals surface area contributed by atoms with E-state index in [4.69, 9.17) is 19.0 Å². The molecule has 6 unspecified atom stereocenters. The van der Waals surface area contributed by atoms with Crippen LogP contribution in [0.3, 0.4) is 0 Å². The first-order valence-electron chi connectivity index (χ1n) is 16.0. The van der Waals surface area contributed by atoms with Crippen LogP contribution in [0, 0.1) is 5.41 Å². The summed E-state index contributed by atoms with van der Waals surface area (Å²) in [4.78, 5) is 46.4. The van der Waals surface area contributed by atoms with E-state index in [1.165, 1.54) is 11.1 Å². The second-order valence-corrected chi connectivity index (χ2v) is 12.5. The lowest BCUT2D eigenvalue weighted by molar-refractivity contribution is -0.213. The maximum absolute atomic E-state index is 14.1. The zero-order valence-corrected chi connectivity index (χ0v) is 26.5. The highest BCUT2D eigenvalue weighted by atomic mass is 19.4. The van der Waals surface area contributed by atoms with Crippen LogP contribution >= 0.6 is 0 Å². The van der Waals surface area contributed by atoms with Crippen molar-refractivity contribution in [1.29, 1.82) is 0 Å². The van der Waals surface area contributed by atoms with Crippen molar-refractivity contribution >= 4 is 23.9 Å². The Labute approximate surface area is 284 Å². The lowest BCUT2D eigenvalue weighted by atomic mass is 9.62. The first-order chi connectivity index (χ1) is 24.0. The van der Waals surface area contributed by atoms with Gasteiger partial charge in [0.1, 0.15) is 29.8 Å². The van der Waals surface area contributed by atoms with Gasteiger partial charge in [0.2, 0.25) is 11.7 Å². The van der Waals surface area contributed by atoms with Gasteiger partial charge in [0.25, 0.3) is 0 Å². The highest BCUT2D eigenvalue weighted by Crippen LogP contribution is 2.59. The average Bonchev–Trinajstić information content (AvgIpc) is 3.69. The number of ether oxygens (including phenoxy) is 4. The van der Waals surface area contributed by atoms with Crippen LogP contribution in [-0.4, -0.2) is 84.4 Å². The number of hydrogen-bond acceptors (Lipinski definition) is 10. The molecule has 3 heterocycles. The number of nitrogens with zero attached hydrogens (tertiary/aromatic N) is 1. The predicted molar refractivity (Wildman–Crippen MR) is 167 cm³/mol. The number of aliphatic hydroxyl groups excluding tert-OH is 1. The maximum atomic E-state index is 14.1. The van der Waals surface area contributed by atoms with E-state index in [-0.39, 0.29) is 26.1 Å². The van der Waals surface area contributed by atoms with Gasteiger partial charge < -0.3 is 29.4 Å². The van der Waals surface area contributed by atoms with E-state index in [0.29, 0.717) is 22.3 Å². The molecule has 3 saturated heterocycles. The average molecular weight is 695 g/mol. The van der Waals surface area contributed by atoms with Crippen LogP contribution in [0.5, 0.6) is 0 Å². The number of carbonyl (C=O) groups is 3. The summed E-state index contributed by atoms with van der Waals surface area (Å²) < 4.78 is 61.2. The summed E-state index contributed by atoms with van der Waals surface area (Å²) in [6, 6.07) is 24.1. The second-order valence-electron chi connectivity index (χ2n) is 12.5. The van der Waals surface area contributed by atoms with Gasteiger partial charge in [-0.25, -0.2) is 4.79 Å². The van der Waals surface area contributed by atoms with Crippen molar-refractivity contribution in [2.45, 2.75) is 55.4 Å². The van der Waals surface area contributed by atoms with E-state index in [9.17, 15) is 32.7 Å². The number of alkyl halides is 3. The number of hydroxylamine groups is 2. The van der Waals surface area contributed by atoms with Gasteiger partial charge in [0, 0.05) is 30.2 Å². The Kier molecular flexibility index (Phi) is 8.99. The van der Waals surface area contributed by atoms with Crippen LogP contribution < -0.4 is 5.32 Å². The largest absolute Gasteiger partial charge is 0.458 e. The van der Waals surface area contributed by atoms with Crippen molar-refractivity contribution in [3.8, 4) is 0 Å². The third-order valence-electron chi connectivity index (χ3n) is 9.36. The fourth-order valence-corrected chi connectivity index (χ4v) is 7.36. The normalized spacial score (nSPS) is 28.2. The Bertz CT molecular complexity index is 1730. The van der Waals surface area contributed by atoms with Gasteiger partial charge in [-0.2, -0.15) is 18.2 Å². The lowest BCUT2D eigenvalue weighted by Gasteiger charge is -2.48. The topological polar surface area (TPSA) is 133 Å². The van der Waals surface area contributed by atoms with Gasteiger partial charge in [0.15, 0.2) is 12.6 Å². The number of carbonyl (C=O) groups excluding carboxylic acids is 3. The van der Waals surface area contributed by atoms with E-state index in [1.54, 1.807) is 24.3 Å². The molecule has 3 aromatic rings. The number of hydrogen-bond donors (Lipinski definition) is 2. The smallest absolute Gasteiger partial charge is 0.422 e. The van der Waals surface area contributed by atoms with Crippen molar-refractivity contribution in [3.05, 3.63) is 113 Å². The molecule has 14 heteroatoms. The molecule has 0 aromatic heterocycles. The van der Waals surface area contributed by atoms with Crippen LogP contribution in [0.2, 0.25) is 0 Å². The zero-order valence-electron chi connectivity index (χ0n) is 26.5. The molecule has 0 radical (unpaired) electrons. The first-order valence-corrected chi connectivity index (χ1v) is 16.0. The molecule has 4 aliphatic rings. The quantitative estimate of drug-likeness (QED) is 0.241. The number of fused-ring (bicyclic) bond motifs is 4. The summed E-state index contributed by atoms with van der Waals surface area (Å²) in [5.74, 6) is -3.77. The van der Waals surface area contributed by atoms with E-state index >= 15 is 0 Å². The van der Waals surface area contributed by atoms with Gasteiger partial charge in [-0.3, -0.25) is 14.4 Å². The number of rotatable bonds is 10. The molecule has 3 aliphatic heterocycles. The molecule has 6 atom stereocenters. The minimum atomic E-state index is -4.65. The Morgan fingerprint density at radius 2 is 1.66 bits per heavy atom. The van der Waals surface area contributed by atoms with Gasteiger partial charge in [-0.05, 0) is 17.2 Å². The van der Waals surface area contributed by atoms with Crippen molar-refractivity contribution in [3.63, 3.8) is 0 Å². The Hall–Kier alpha value is -4.60. The van der Waals surface area contributed by atoms with Gasteiger partial charge in [-0.1, -0.05) is 84.9 Å². The summed E-state index contributed by atoms with van der Waals surface area (Å²) in [7, 11) is 0. The zero-order chi connectivity index (χ0) is 35.1. The third-order valence-corrected chi connectivity index (χ3v) is 9.36. The molecule has 50 heavy (non-hydrogen) atoms. The fourth-order valence-electron chi connectivity index (χ4n) is 7.36. The number of aliphatic hydroxyl groups is 1. The highest BCUT2D eigenvalue weighted by molar-refractivity contribution is 5.93. The Morgan fingerprint density at radius 1 is 0.980 bits per heavy atom. The molecule has 4 fully saturated rings. The van der Waals surface area contributed by atoms with Crippen LogP contribution in [-0.2, 0) is 50.5 Å². The molecule has 1 amide bonds. The molecule has 7 rings (SSSR count). The molecular formula is C36H33F3N2O9. The Morgan fingerprint density at radius 3 is 2.32 bits per heavy atom. The number of halogens is 3. The number of amides is 1. The fraction of sp³-hybridized carbons (Fsp3) is 0.361. The van der Waals surface area contributed by atoms with Crippen molar-refractivity contribution < 1.29 is 56.4 Å². The molecule has 2 N–H and O–H groups in total. The van der Waals surface area contributed by atoms with Gasteiger partial charge in [0.05, 0.1) is 13.2 Å². The van der Waals surface area contributed by atoms with Crippen LogP contribution in [0.1, 0.15) is 28.7 Å². The van der Waals surface area contributed by atoms with Gasteiger partial charge in [-0.15, -0.1) is 0 Å². The van der Waals surface area contributed by atoms with E-state index in [0.717, 1.165) is 6.08 Å². The first kappa shape index (κ1) is 33.9. The number of nitrogens with one attached hydrogen (secondary N) is 1. The number of benzene rings is 3. The SMILES string of the molecule is O=C(C=Cc1cccc(CN2OC3C4OC(c5ccccc5)(c5ccccc5)OC4C4CC3(C(=O)NCCO)C2C(=O)O4)c1)OCC(F)(F)F. The molecule has 0 spiro atoms. The molecular weight excluding hydrogens is 661 g/mol. The second kappa shape index (κ2) is 13.3. The van der Waals surface area contributed by atoms with E-state index in [2.05, 4.69) is 10.1 Å². The minimum Gasteiger partial charge on any atom is -0.458 e. The summed E-state index contributed by atoms with van der Waals surface area (Å²) >= 11 is 0. The molecule has 3 aromatic carbocycles. The van der Waals surface area contributed by atoms with Crippen molar-refractivity contribution in [2.24, 2.45) is 5.41 Å². The van der Waals surface area contributed by atoms with Crippen LogP contribution in [0.25, 0.3) is 6.08 Å². The third kappa shape index (κ3) is 6.07. The standard InChI is InChI=1S/C36H33F3N2O9/c37-35(38,39)21-46-27(43)15-14-22-8-7-9-23(18-22)20-41-30-32(44)47-26-19-34(30,33(45)40-16-17-42)31(50-41)29-28(26)48-36(49-29,24-10-3-1-4-11-24)25-12-5-2-6-13-25/h1-15,18,26,28-31,42H,16-17,19-21H2,(H,40,45).